The maximum Gasteiger partial charge on any atom is 0.103 e. The molecule has 1 aliphatic rings. The van der Waals surface area contributed by atoms with E-state index in [1.807, 2.05) is 36.5 Å². The molecule has 0 amide bonds. The molecule has 0 unspecified atom stereocenters. The predicted octanol–water partition coefficient (Wildman–Crippen LogP) is 2.63. The molecule has 0 fully saturated rings. The number of rotatable bonds is 1. The van der Waals surface area contributed by atoms with Crippen LogP contribution in [0.1, 0.15) is 11.1 Å². The molecule has 2 N–H and O–H groups in total. The number of nitrogens with zero attached hydrogens (tertiary/aromatic N) is 2. The first-order valence-corrected chi connectivity index (χ1v) is 5.86. The summed E-state index contributed by atoms with van der Waals surface area (Å²) in [6, 6.07) is 12.2. The van der Waals surface area contributed by atoms with Crippen molar-refractivity contribution in [3.63, 3.8) is 0 Å². The third-order valence-electron chi connectivity index (χ3n) is 2.98. The molecule has 0 atom stereocenters. The zero-order valence-electron chi connectivity index (χ0n) is 9.88. The largest absolute Gasteiger partial charge is 0.387 e. The fourth-order valence-corrected chi connectivity index (χ4v) is 2.13. The molecule has 1 aromatic carbocycles. The van der Waals surface area contributed by atoms with Gasteiger partial charge in [-0.05, 0) is 17.7 Å². The molecule has 18 heavy (non-hydrogen) atoms. The van der Waals surface area contributed by atoms with E-state index in [-0.39, 0.29) is 0 Å². The molecule has 88 valence electrons. The molecule has 0 saturated heterocycles. The monoisotopic (exact) mass is 235 g/mol. The van der Waals surface area contributed by atoms with Crippen LogP contribution in [-0.4, -0.2) is 10.8 Å². The minimum absolute atomic E-state index is 0.634. The number of nitrogens with two attached hydrogens (primary N) is 1. The van der Waals surface area contributed by atoms with Crippen LogP contribution in [0.15, 0.2) is 53.8 Å². The van der Waals surface area contributed by atoms with Crippen molar-refractivity contribution in [2.45, 2.75) is 6.42 Å². The van der Waals surface area contributed by atoms with E-state index < -0.39 is 0 Å². The normalized spacial score (nSPS) is 13.7. The molecule has 0 bridgehead atoms. The van der Waals surface area contributed by atoms with Gasteiger partial charge in [-0.1, -0.05) is 30.3 Å². The number of aliphatic imine (C=N–C) groups is 1. The number of pyridine rings is 1. The van der Waals surface area contributed by atoms with Crippen LogP contribution in [0.25, 0.3) is 17.3 Å². The molecule has 2 aromatic rings. The van der Waals surface area contributed by atoms with Crippen molar-refractivity contribution in [3.8, 4) is 11.3 Å². The predicted molar refractivity (Wildman–Crippen MR) is 74.0 cm³/mol. The van der Waals surface area contributed by atoms with Crippen LogP contribution in [0.3, 0.4) is 0 Å². The van der Waals surface area contributed by atoms with E-state index in [0.29, 0.717) is 12.3 Å². The number of aromatic nitrogens is 1. The standard InChI is InChI=1S/C15H13N3/c16-14-10-12-6-8-18-15(13(12)7-9-17-14)11-4-2-1-3-5-11/h1-9H,10H2,(H2,16,17). The van der Waals surface area contributed by atoms with Crippen LogP contribution in [-0.2, 0) is 6.42 Å². The lowest BCUT2D eigenvalue weighted by atomic mass is 9.99. The van der Waals surface area contributed by atoms with E-state index in [0.717, 1.165) is 16.8 Å². The second-order valence-electron chi connectivity index (χ2n) is 4.21. The summed E-state index contributed by atoms with van der Waals surface area (Å²) in [6.45, 7) is 0. The molecular formula is C15H13N3. The minimum atomic E-state index is 0.634. The second kappa shape index (κ2) is 4.45. The summed E-state index contributed by atoms with van der Waals surface area (Å²) >= 11 is 0. The molecule has 1 aliphatic heterocycles. The van der Waals surface area contributed by atoms with E-state index >= 15 is 0 Å². The van der Waals surface area contributed by atoms with Gasteiger partial charge in [0, 0.05) is 29.9 Å². The first-order chi connectivity index (χ1) is 8.84. The van der Waals surface area contributed by atoms with Gasteiger partial charge in [-0.25, -0.2) is 4.99 Å². The average Bonchev–Trinajstić information content (AvgIpc) is 2.60. The Morgan fingerprint density at radius 2 is 1.89 bits per heavy atom. The van der Waals surface area contributed by atoms with Crippen LogP contribution in [0.4, 0.5) is 0 Å². The fraction of sp³-hybridized carbons (Fsp3) is 0.0667. The number of amidine groups is 1. The summed E-state index contributed by atoms with van der Waals surface area (Å²) in [5.41, 5.74) is 10.2. The van der Waals surface area contributed by atoms with Gasteiger partial charge in [0.15, 0.2) is 0 Å². The van der Waals surface area contributed by atoms with Crippen LogP contribution in [0.2, 0.25) is 0 Å². The van der Waals surface area contributed by atoms with Crippen molar-refractivity contribution in [1.82, 2.24) is 4.98 Å². The van der Waals surface area contributed by atoms with Crippen LogP contribution < -0.4 is 5.73 Å². The molecule has 2 heterocycles. The molecule has 3 rings (SSSR count). The van der Waals surface area contributed by atoms with Gasteiger partial charge in [-0.15, -0.1) is 0 Å². The molecule has 0 spiro atoms. The lowest BCUT2D eigenvalue weighted by Crippen LogP contribution is -2.14. The molecule has 1 aromatic heterocycles. The van der Waals surface area contributed by atoms with Gasteiger partial charge in [-0.2, -0.15) is 0 Å². The summed E-state index contributed by atoms with van der Waals surface area (Å²) in [4.78, 5) is 8.65. The summed E-state index contributed by atoms with van der Waals surface area (Å²) in [7, 11) is 0. The zero-order valence-corrected chi connectivity index (χ0v) is 9.88. The lowest BCUT2D eigenvalue weighted by molar-refractivity contribution is 1.22. The summed E-state index contributed by atoms with van der Waals surface area (Å²) < 4.78 is 0. The smallest absolute Gasteiger partial charge is 0.103 e. The van der Waals surface area contributed by atoms with Gasteiger partial charge in [-0.3, -0.25) is 4.98 Å². The number of benzene rings is 1. The van der Waals surface area contributed by atoms with Crippen molar-refractivity contribution in [2.24, 2.45) is 10.7 Å². The van der Waals surface area contributed by atoms with E-state index in [1.54, 1.807) is 6.20 Å². The first-order valence-electron chi connectivity index (χ1n) is 5.86. The van der Waals surface area contributed by atoms with E-state index in [4.69, 9.17) is 5.73 Å². The molecule has 0 saturated carbocycles. The Morgan fingerprint density at radius 1 is 1.06 bits per heavy atom. The zero-order chi connectivity index (χ0) is 12.4. The summed E-state index contributed by atoms with van der Waals surface area (Å²) in [5, 5.41) is 0. The van der Waals surface area contributed by atoms with Gasteiger partial charge in [0.2, 0.25) is 0 Å². The van der Waals surface area contributed by atoms with Gasteiger partial charge >= 0.3 is 0 Å². The molecule has 0 aliphatic carbocycles. The third-order valence-corrected chi connectivity index (χ3v) is 2.98. The van der Waals surface area contributed by atoms with Crippen LogP contribution in [0.5, 0.6) is 0 Å². The Morgan fingerprint density at radius 3 is 2.72 bits per heavy atom. The van der Waals surface area contributed by atoms with Crippen LogP contribution in [0, 0.1) is 0 Å². The van der Waals surface area contributed by atoms with Gasteiger partial charge in [0.05, 0.1) is 5.69 Å². The molecular weight excluding hydrogens is 222 g/mol. The quantitative estimate of drug-likeness (QED) is 0.826. The SMILES string of the molecule is NC1=NC=Cc2c(ccnc2-c2ccccc2)C1. The van der Waals surface area contributed by atoms with Crippen molar-refractivity contribution < 1.29 is 0 Å². The van der Waals surface area contributed by atoms with Crippen molar-refractivity contribution in [3.05, 3.63) is 59.9 Å². The van der Waals surface area contributed by atoms with Crippen LogP contribution >= 0.6 is 0 Å². The average molecular weight is 235 g/mol. The molecule has 3 nitrogen and oxygen atoms in total. The first kappa shape index (κ1) is 10.7. The molecule has 3 heteroatoms. The van der Waals surface area contributed by atoms with Gasteiger partial charge < -0.3 is 5.73 Å². The molecule has 0 radical (unpaired) electrons. The minimum Gasteiger partial charge on any atom is -0.387 e. The fourth-order valence-electron chi connectivity index (χ4n) is 2.13. The van der Waals surface area contributed by atoms with Gasteiger partial charge in [0.1, 0.15) is 5.84 Å². The van der Waals surface area contributed by atoms with E-state index in [1.165, 1.54) is 5.56 Å². The highest BCUT2D eigenvalue weighted by Gasteiger charge is 2.11. The third kappa shape index (κ3) is 1.91. The number of hydrogen-bond acceptors (Lipinski definition) is 3. The Labute approximate surface area is 106 Å². The topological polar surface area (TPSA) is 51.3 Å². The number of fused-ring (bicyclic) bond motifs is 1. The Kier molecular flexibility index (Phi) is 2.65. The highest BCUT2D eigenvalue weighted by atomic mass is 14.8. The summed E-state index contributed by atoms with van der Waals surface area (Å²) in [6.07, 6.45) is 6.22. The van der Waals surface area contributed by atoms with Crippen molar-refractivity contribution >= 4 is 11.9 Å². The number of hydrogen-bond donors (Lipinski definition) is 1. The van der Waals surface area contributed by atoms with Crippen molar-refractivity contribution in [1.29, 1.82) is 0 Å². The van der Waals surface area contributed by atoms with E-state index in [2.05, 4.69) is 22.1 Å². The van der Waals surface area contributed by atoms with E-state index in [9.17, 15) is 0 Å². The van der Waals surface area contributed by atoms with Gasteiger partial charge in [0.25, 0.3) is 0 Å². The highest BCUT2D eigenvalue weighted by Crippen LogP contribution is 2.26. The maximum atomic E-state index is 5.82. The second-order valence-corrected chi connectivity index (χ2v) is 4.21. The Bertz CT molecular complexity index is 627. The Balaban J connectivity index is 2.17. The van der Waals surface area contributed by atoms with Crippen molar-refractivity contribution in [2.75, 3.05) is 0 Å². The highest BCUT2D eigenvalue weighted by molar-refractivity contribution is 5.87. The maximum absolute atomic E-state index is 5.82. The summed E-state index contributed by atoms with van der Waals surface area (Å²) in [5.74, 6) is 0.634. The lowest BCUT2D eigenvalue weighted by Gasteiger charge is -2.09. The Hall–Kier alpha value is -2.42.